The van der Waals surface area contributed by atoms with Crippen LogP contribution in [0, 0.1) is 11.8 Å². The van der Waals surface area contributed by atoms with E-state index >= 15 is 0 Å². The van der Waals surface area contributed by atoms with Crippen LogP contribution in [0.4, 0.5) is 17.6 Å². The Morgan fingerprint density at radius 1 is 1.06 bits per heavy atom. The third-order valence-corrected chi connectivity index (χ3v) is 5.13. The SMILES string of the molecule is CN1C(=O)[C@@](c2ccc(OC(F)F)cc2)(c2cccc(-c3cc(F)cnc3F)c2)N=C1N. The van der Waals surface area contributed by atoms with Crippen LogP contribution in [0.5, 0.6) is 5.75 Å². The molecule has 0 aliphatic carbocycles. The van der Waals surface area contributed by atoms with Gasteiger partial charge in [0.05, 0.1) is 6.20 Å². The number of ether oxygens (including phenoxy) is 1. The summed E-state index contributed by atoms with van der Waals surface area (Å²) in [4.78, 5) is 22.2. The van der Waals surface area contributed by atoms with E-state index in [-0.39, 0.29) is 22.8 Å². The normalized spacial score (nSPS) is 18.2. The lowest BCUT2D eigenvalue weighted by atomic mass is 9.81. The van der Waals surface area contributed by atoms with Crippen LogP contribution < -0.4 is 10.5 Å². The van der Waals surface area contributed by atoms with Gasteiger partial charge in [-0.15, -0.1) is 0 Å². The maximum atomic E-state index is 14.3. The second-order valence-electron chi connectivity index (χ2n) is 7.02. The van der Waals surface area contributed by atoms with Crippen LogP contribution in [0.15, 0.2) is 65.8 Å². The number of hydrogen-bond acceptors (Lipinski definition) is 5. The van der Waals surface area contributed by atoms with E-state index in [2.05, 4.69) is 14.7 Å². The number of amides is 1. The first kappa shape index (κ1) is 21.3. The molecule has 32 heavy (non-hydrogen) atoms. The Morgan fingerprint density at radius 3 is 2.41 bits per heavy atom. The van der Waals surface area contributed by atoms with Gasteiger partial charge in [0.1, 0.15) is 11.6 Å². The predicted molar refractivity (Wildman–Crippen MR) is 108 cm³/mol. The standard InChI is InChI=1S/C22H16F4N4O2/c1-30-19(31)22(29-21(30)27,13-5-7-16(8-6-13)32-20(25)26)14-4-2-3-12(9-14)17-10-15(23)11-28-18(17)24/h2-11,20H,1H3,(H2,27,29)/t22-/m1/s1. The van der Waals surface area contributed by atoms with Gasteiger partial charge in [-0.3, -0.25) is 9.69 Å². The van der Waals surface area contributed by atoms with Gasteiger partial charge in [0.2, 0.25) is 5.95 Å². The Kier molecular flexibility index (Phi) is 5.29. The molecule has 164 valence electrons. The Bertz CT molecular complexity index is 1220. The number of guanidine groups is 1. The molecule has 3 aromatic rings. The van der Waals surface area contributed by atoms with Crippen LogP contribution >= 0.6 is 0 Å². The van der Waals surface area contributed by atoms with Crippen molar-refractivity contribution in [3.8, 4) is 16.9 Å². The third-order valence-electron chi connectivity index (χ3n) is 5.13. The van der Waals surface area contributed by atoms with E-state index in [0.717, 1.165) is 17.2 Å². The van der Waals surface area contributed by atoms with Crippen LogP contribution in [0.1, 0.15) is 11.1 Å². The number of carbonyl (C=O) groups excluding carboxylic acids is 1. The maximum absolute atomic E-state index is 14.3. The van der Waals surface area contributed by atoms with Gasteiger partial charge in [-0.1, -0.05) is 30.3 Å². The summed E-state index contributed by atoms with van der Waals surface area (Å²) in [7, 11) is 1.44. The molecule has 0 saturated carbocycles. The molecule has 10 heteroatoms. The first-order valence-corrected chi connectivity index (χ1v) is 9.33. The number of nitrogens with zero attached hydrogens (tertiary/aromatic N) is 3. The first-order chi connectivity index (χ1) is 15.2. The average molecular weight is 444 g/mol. The molecule has 1 aliphatic heterocycles. The summed E-state index contributed by atoms with van der Waals surface area (Å²) in [5.41, 5.74) is 5.07. The Labute approximate surface area is 180 Å². The molecule has 0 saturated heterocycles. The topological polar surface area (TPSA) is 80.8 Å². The van der Waals surface area contributed by atoms with E-state index in [1.165, 1.54) is 43.4 Å². The van der Waals surface area contributed by atoms with Crippen LogP contribution in [-0.4, -0.2) is 35.4 Å². The van der Waals surface area contributed by atoms with Gasteiger partial charge in [-0.25, -0.2) is 14.4 Å². The summed E-state index contributed by atoms with van der Waals surface area (Å²) in [6.45, 7) is -3.01. The molecule has 0 bridgehead atoms. The molecule has 2 aromatic carbocycles. The van der Waals surface area contributed by atoms with Crippen LogP contribution in [0.25, 0.3) is 11.1 Å². The summed E-state index contributed by atoms with van der Waals surface area (Å²) >= 11 is 0. The fourth-order valence-corrected chi connectivity index (χ4v) is 3.60. The fraction of sp³-hybridized carbons (Fsp3) is 0.136. The summed E-state index contributed by atoms with van der Waals surface area (Å²) < 4.78 is 57.3. The molecule has 1 aromatic heterocycles. The van der Waals surface area contributed by atoms with Crippen molar-refractivity contribution in [2.75, 3.05) is 7.05 Å². The molecule has 0 fully saturated rings. The summed E-state index contributed by atoms with van der Waals surface area (Å²) in [6.07, 6.45) is 0.758. The second kappa shape index (κ2) is 7.95. The van der Waals surface area contributed by atoms with Crippen molar-refractivity contribution in [2.45, 2.75) is 12.2 Å². The smallest absolute Gasteiger partial charge is 0.387 e. The Morgan fingerprint density at radius 2 is 1.78 bits per heavy atom. The zero-order valence-electron chi connectivity index (χ0n) is 16.6. The number of pyridine rings is 1. The van der Waals surface area contributed by atoms with Crippen molar-refractivity contribution in [1.82, 2.24) is 9.88 Å². The lowest BCUT2D eigenvalue weighted by Crippen LogP contribution is -2.41. The molecule has 0 unspecified atom stereocenters. The van der Waals surface area contributed by atoms with Gasteiger partial charge in [0.15, 0.2) is 11.5 Å². The van der Waals surface area contributed by atoms with Gasteiger partial charge in [-0.05, 0) is 41.0 Å². The van der Waals surface area contributed by atoms with Gasteiger partial charge < -0.3 is 10.5 Å². The van der Waals surface area contributed by atoms with Gasteiger partial charge >= 0.3 is 6.61 Å². The van der Waals surface area contributed by atoms with Crippen molar-refractivity contribution in [3.05, 3.63) is 83.7 Å². The van der Waals surface area contributed by atoms with Crippen molar-refractivity contribution in [1.29, 1.82) is 0 Å². The monoisotopic (exact) mass is 444 g/mol. The van der Waals surface area contributed by atoms with Crippen molar-refractivity contribution in [2.24, 2.45) is 10.7 Å². The lowest BCUT2D eigenvalue weighted by molar-refractivity contribution is -0.129. The molecular formula is C22H16F4N4O2. The van der Waals surface area contributed by atoms with E-state index < -0.39 is 29.8 Å². The quantitative estimate of drug-likeness (QED) is 0.481. The predicted octanol–water partition coefficient (Wildman–Crippen LogP) is 3.66. The summed E-state index contributed by atoms with van der Waals surface area (Å²) in [5, 5.41) is 0. The molecule has 6 nitrogen and oxygen atoms in total. The maximum Gasteiger partial charge on any atom is 0.387 e. The molecule has 0 radical (unpaired) electrons. The molecular weight excluding hydrogens is 428 g/mol. The average Bonchev–Trinajstić information content (AvgIpc) is 3.00. The molecule has 1 atom stereocenters. The lowest BCUT2D eigenvalue weighted by Gasteiger charge is -2.26. The number of aromatic nitrogens is 1. The van der Waals surface area contributed by atoms with Crippen LogP contribution in [0.3, 0.4) is 0 Å². The van der Waals surface area contributed by atoms with E-state index in [9.17, 15) is 22.4 Å². The van der Waals surface area contributed by atoms with E-state index in [4.69, 9.17) is 5.73 Å². The number of benzene rings is 2. The van der Waals surface area contributed by atoms with Crippen LogP contribution in [0.2, 0.25) is 0 Å². The highest BCUT2D eigenvalue weighted by molar-refractivity contribution is 6.09. The fourth-order valence-electron chi connectivity index (χ4n) is 3.60. The third kappa shape index (κ3) is 3.53. The highest BCUT2D eigenvalue weighted by atomic mass is 19.3. The van der Waals surface area contributed by atoms with Crippen molar-refractivity contribution < 1.29 is 27.1 Å². The number of halogens is 4. The molecule has 1 aliphatic rings. The minimum absolute atomic E-state index is 0.0630. The van der Waals surface area contributed by atoms with E-state index in [0.29, 0.717) is 11.1 Å². The highest BCUT2D eigenvalue weighted by Gasteiger charge is 2.49. The van der Waals surface area contributed by atoms with Gasteiger partial charge in [-0.2, -0.15) is 13.2 Å². The molecule has 2 N–H and O–H groups in total. The minimum Gasteiger partial charge on any atom is -0.435 e. The molecule has 1 amide bonds. The largest absolute Gasteiger partial charge is 0.435 e. The zero-order chi connectivity index (χ0) is 23.0. The van der Waals surface area contributed by atoms with Crippen LogP contribution in [-0.2, 0) is 10.3 Å². The molecule has 2 heterocycles. The number of nitrogens with two attached hydrogens (primary N) is 1. The Hall–Kier alpha value is -3.95. The number of aliphatic imine (C=N–C) groups is 1. The number of likely N-dealkylation sites (N-methyl/N-ethyl adjacent to an activating group) is 1. The number of alkyl halides is 2. The second-order valence-corrected chi connectivity index (χ2v) is 7.02. The minimum atomic E-state index is -3.01. The number of hydrogen-bond donors (Lipinski definition) is 1. The Balaban J connectivity index is 1.88. The zero-order valence-corrected chi connectivity index (χ0v) is 16.6. The summed E-state index contributed by atoms with van der Waals surface area (Å²) in [5.74, 6) is -2.28. The summed E-state index contributed by atoms with van der Waals surface area (Å²) in [6, 6.07) is 12.6. The number of carbonyl (C=O) groups is 1. The van der Waals surface area contributed by atoms with Gasteiger partial charge in [0, 0.05) is 12.6 Å². The first-order valence-electron chi connectivity index (χ1n) is 9.33. The highest BCUT2D eigenvalue weighted by Crippen LogP contribution is 2.41. The van der Waals surface area contributed by atoms with E-state index in [1.54, 1.807) is 12.1 Å². The van der Waals surface area contributed by atoms with Crippen molar-refractivity contribution in [3.63, 3.8) is 0 Å². The van der Waals surface area contributed by atoms with E-state index in [1.807, 2.05) is 0 Å². The van der Waals surface area contributed by atoms with Crippen molar-refractivity contribution >= 4 is 11.9 Å². The van der Waals surface area contributed by atoms with Gasteiger partial charge in [0.25, 0.3) is 5.91 Å². The molecule has 0 spiro atoms. The molecule has 4 rings (SSSR count). The number of rotatable bonds is 5.